The molecule has 2 rings (SSSR count). The van der Waals surface area contributed by atoms with Crippen LogP contribution in [-0.4, -0.2) is 11.7 Å². The Labute approximate surface area is 116 Å². The number of rotatable bonds is 4. The van der Waals surface area contributed by atoms with Crippen LogP contribution in [-0.2, 0) is 5.75 Å². The van der Waals surface area contributed by atoms with Crippen molar-refractivity contribution < 1.29 is 5.11 Å². The number of hydrogen-bond acceptors (Lipinski definition) is 3. The van der Waals surface area contributed by atoms with E-state index in [2.05, 4.69) is 41.5 Å². The van der Waals surface area contributed by atoms with E-state index < -0.39 is 0 Å². The summed E-state index contributed by atoms with van der Waals surface area (Å²) in [5.41, 5.74) is 2.30. The van der Waals surface area contributed by atoms with Gasteiger partial charge in [-0.1, -0.05) is 30.0 Å². The second-order valence-corrected chi connectivity index (χ2v) is 5.92. The zero-order chi connectivity index (χ0) is 12.6. The highest BCUT2D eigenvalue weighted by Gasteiger charge is 1.97. The second-order valence-electron chi connectivity index (χ2n) is 3.70. The van der Waals surface area contributed by atoms with Gasteiger partial charge in [-0.3, -0.25) is 0 Å². The lowest BCUT2D eigenvalue weighted by Gasteiger charge is -2.00. The molecule has 3 heteroatoms. The van der Waals surface area contributed by atoms with Crippen molar-refractivity contribution in [2.75, 3.05) is 6.61 Å². The van der Waals surface area contributed by atoms with Gasteiger partial charge >= 0.3 is 0 Å². The summed E-state index contributed by atoms with van der Waals surface area (Å²) in [5.74, 6) is 6.97. The molecule has 0 bridgehead atoms. The molecule has 0 aliphatic heterocycles. The Morgan fingerprint density at radius 2 is 2.17 bits per heavy atom. The maximum absolute atomic E-state index is 8.68. The molecule has 0 fully saturated rings. The van der Waals surface area contributed by atoms with Crippen LogP contribution in [0.25, 0.3) is 0 Å². The van der Waals surface area contributed by atoms with Gasteiger partial charge in [0.25, 0.3) is 0 Å². The van der Waals surface area contributed by atoms with Crippen LogP contribution in [0.3, 0.4) is 0 Å². The number of hydrogen-bond donors (Lipinski definition) is 1. The molecule has 18 heavy (non-hydrogen) atoms. The Kier molecular flexibility index (Phi) is 5.35. The fourth-order valence-corrected chi connectivity index (χ4v) is 3.19. The third-order valence-electron chi connectivity index (χ3n) is 2.27. The lowest BCUT2D eigenvalue weighted by molar-refractivity contribution is 0.305. The van der Waals surface area contributed by atoms with Crippen molar-refractivity contribution in [2.45, 2.75) is 16.4 Å². The van der Waals surface area contributed by atoms with Gasteiger partial charge in [0.15, 0.2) is 0 Å². The van der Waals surface area contributed by atoms with Crippen LogP contribution < -0.4 is 0 Å². The van der Waals surface area contributed by atoms with E-state index in [9.17, 15) is 0 Å². The van der Waals surface area contributed by atoms with Crippen molar-refractivity contribution in [3.05, 3.63) is 52.9 Å². The van der Waals surface area contributed by atoms with Crippen molar-refractivity contribution >= 4 is 23.1 Å². The van der Waals surface area contributed by atoms with Crippen LogP contribution >= 0.6 is 23.1 Å². The van der Waals surface area contributed by atoms with Crippen LogP contribution in [0, 0.1) is 11.8 Å². The zero-order valence-corrected chi connectivity index (χ0v) is 11.6. The fraction of sp³-hybridized carbons (Fsp3) is 0.200. The van der Waals surface area contributed by atoms with Crippen molar-refractivity contribution in [3.63, 3.8) is 0 Å². The topological polar surface area (TPSA) is 20.2 Å². The molecule has 2 aromatic rings. The van der Waals surface area contributed by atoms with Crippen molar-refractivity contribution in [1.82, 2.24) is 0 Å². The molecular formula is C15H14OS2. The molecule has 0 atom stereocenters. The molecule has 1 heterocycles. The smallest absolute Gasteiger partial charge is 0.0601 e. The molecule has 0 saturated heterocycles. The lowest BCUT2D eigenvalue weighted by Crippen LogP contribution is -1.82. The molecule has 1 N–H and O–H groups in total. The molecule has 92 valence electrons. The summed E-state index contributed by atoms with van der Waals surface area (Å²) >= 11 is 3.62. The molecule has 0 unspecified atom stereocenters. The first kappa shape index (κ1) is 13.2. The summed E-state index contributed by atoms with van der Waals surface area (Å²) < 4.78 is 1.34. The SMILES string of the molecule is OCCC#Cc1cccc(CSc2cccs2)c1. The maximum atomic E-state index is 8.68. The predicted molar refractivity (Wildman–Crippen MR) is 78.9 cm³/mol. The predicted octanol–water partition coefficient (Wildman–Crippen LogP) is 3.77. The van der Waals surface area contributed by atoms with E-state index in [1.54, 1.807) is 11.3 Å². The molecule has 0 spiro atoms. The Bertz CT molecular complexity index is 535. The van der Waals surface area contributed by atoms with Gasteiger partial charge in [0.05, 0.1) is 10.8 Å². The number of benzene rings is 1. The van der Waals surface area contributed by atoms with E-state index in [1.165, 1.54) is 9.77 Å². The molecule has 0 saturated carbocycles. The van der Waals surface area contributed by atoms with Gasteiger partial charge in [-0.25, -0.2) is 0 Å². The van der Waals surface area contributed by atoms with E-state index in [1.807, 2.05) is 23.9 Å². The molecule has 1 aromatic heterocycles. The van der Waals surface area contributed by atoms with Crippen LogP contribution in [0.5, 0.6) is 0 Å². The highest BCUT2D eigenvalue weighted by atomic mass is 32.2. The quantitative estimate of drug-likeness (QED) is 0.676. The van der Waals surface area contributed by atoms with Gasteiger partial charge in [0, 0.05) is 17.7 Å². The molecule has 1 aromatic carbocycles. The third kappa shape index (κ3) is 4.23. The zero-order valence-electron chi connectivity index (χ0n) is 9.93. The van der Waals surface area contributed by atoms with E-state index in [4.69, 9.17) is 5.11 Å². The Hall–Kier alpha value is -1.21. The van der Waals surface area contributed by atoms with E-state index >= 15 is 0 Å². The molecule has 0 aliphatic rings. The molecular weight excluding hydrogens is 260 g/mol. The Balaban J connectivity index is 1.97. The summed E-state index contributed by atoms with van der Waals surface area (Å²) in [7, 11) is 0. The number of aliphatic hydroxyl groups is 1. The minimum Gasteiger partial charge on any atom is -0.395 e. The van der Waals surface area contributed by atoms with Gasteiger partial charge in [0.1, 0.15) is 0 Å². The first-order valence-electron chi connectivity index (χ1n) is 5.73. The summed E-state index contributed by atoms with van der Waals surface area (Å²) in [6.45, 7) is 0.126. The van der Waals surface area contributed by atoms with Gasteiger partial charge in [-0.05, 0) is 29.1 Å². The highest BCUT2D eigenvalue weighted by Crippen LogP contribution is 2.27. The molecule has 0 amide bonds. The van der Waals surface area contributed by atoms with E-state index in [0.717, 1.165) is 11.3 Å². The van der Waals surface area contributed by atoms with E-state index in [0.29, 0.717) is 6.42 Å². The average Bonchev–Trinajstić information content (AvgIpc) is 2.90. The standard InChI is InChI=1S/C15H14OS2/c16-9-2-1-5-13-6-3-7-14(11-13)12-18-15-8-4-10-17-15/h3-4,6-8,10-11,16H,2,9,12H2. The number of thioether (sulfide) groups is 1. The van der Waals surface area contributed by atoms with Crippen LogP contribution in [0.4, 0.5) is 0 Å². The second kappa shape index (κ2) is 7.27. The minimum atomic E-state index is 0.126. The summed E-state index contributed by atoms with van der Waals surface area (Å²) in [6, 6.07) is 12.5. The molecule has 1 nitrogen and oxygen atoms in total. The highest BCUT2D eigenvalue weighted by molar-refractivity contribution is 8.00. The Morgan fingerprint density at radius 1 is 1.22 bits per heavy atom. The summed E-state index contributed by atoms with van der Waals surface area (Å²) in [6.07, 6.45) is 0.536. The molecule has 0 aliphatic carbocycles. The summed E-state index contributed by atoms with van der Waals surface area (Å²) in [4.78, 5) is 0. The minimum absolute atomic E-state index is 0.126. The monoisotopic (exact) mass is 274 g/mol. The van der Waals surface area contributed by atoms with Gasteiger partial charge < -0.3 is 5.11 Å². The number of thiophene rings is 1. The average molecular weight is 274 g/mol. The maximum Gasteiger partial charge on any atom is 0.0601 e. The summed E-state index contributed by atoms with van der Waals surface area (Å²) in [5, 5.41) is 10.8. The Morgan fingerprint density at radius 3 is 2.94 bits per heavy atom. The van der Waals surface area contributed by atoms with Crippen molar-refractivity contribution in [1.29, 1.82) is 0 Å². The van der Waals surface area contributed by atoms with Gasteiger partial charge in [-0.15, -0.1) is 23.1 Å². The van der Waals surface area contributed by atoms with E-state index in [-0.39, 0.29) is 6.61 Å². The van der Waals surface area contributed by atoms with Crippen molar-refractivity contribution in [3.8, 4) is 11.8 Å². The van der Waals surface area contributed by atoms with Crippen molar-refractivity contribution in [2.24, 2.45) is 0 Å². The first-order valence-corrected chi connectivity index (χ1v) is 7.60. The number of aliphatic hydroxyl groups excluding tert-OH is 1. The van der Waals surface area contributed by atoms with Gasteiger partial charge in [-0.2, -0.15) is 0 Å². The normalized spacial score (nSPS) is 9.83. The van der Waals surface area contributed by atoms with Gasteiger partial charge in [0.2, 0.25) is 0 Å². The largest absolute Gasteiger partial charge is 0.395 e. The first-order chi connectivity index (χ1) is 8.88. The van der Waals surface area contributed by atoms with Crippen LogP contribution in [0.1, 0.15) is 17.5 Å². The lowest BCUT2D eigenvalue weighted by atomic mass is 10.1. The van der Waals surface area contributed by atoms with Crippen LogP contribution in [0.15, 0.2) is 46.0 Å². The third-order valence-corrected chi connectivity index (χ3v) is 4.47. The van der Waals surface area contributed by atoms with Crippen LogP contribution in [0.2, 0.25) is 0 Å². The fourth-order valence-electron chi connectivity index (χ4n) is 1.46. The molecule has 0 radical (unpaired) electrons.